The number of carbonyl (C=O) groups excluding carboxylic acids is 2. The van der Waals surface area contributed by atoms with Gasteiger partial charge in [-0.3, -0.25) is 19.9 Å². The third kappa shape index (κ3) is 5.49. The third-order valence-electron chi connectivity index (χ3n) is 4.30. The average molecular weight is 403 g/mol. The first-order valence-corrected chi connectivity index (χ1v) is 9.95. The van der Waals surface area contributed by atoms with E-state index in [0.29, 0.717) is 9.23 Å². The van der Waals surface area contributed by atoms with Crippen LogP contribution in [-0.4, -0.2) is 70.7 Å². The van der Waals surface area contributed by atoms with E-state index in [0.717, 1.165) is 31.7 Å². The van der Waals surface area contributed by atoms with E-state index in [1.165, 1.54) is 16.7 Å². The van der Waals surface area contributed by atoms with Gasteiger partial charge in [0.2, 0.25) is 0 Å². The third-order valence-corrected chi connectivity index (χ3v) is 5.69. The molecule has 2 aliphatic rings. The maximum absolute atomic E-state index is 12.5. The Bertz CT molecular complexity index is 771. The van der Waals surface area contributed by atoms with E-state index >= 15 is 0 Å². The highest BCUT2D eigenvalue weighted by atomic mass is 32.2. The van der Waals surface area contributed by atoms with Gasteiger partial charge in [-0.1, -0.05) is 66.5 Å². The molecule has 0 saturated carbocycles. The van der Waals surface area contributed by atoms with Crippen LogP contribution in [0.5, 0.6) is 0 Å². The Morgan fingerprint density at radius 2 is 1.93 bits per heavy atom. The van der Waals surface area contributed by atoms with Crippen molar-refractivity contribution in [1.29, 1.82) is 0 Å². The zero-order chi connectivity index (χ0) is 19.2. The van der Waals surface area contributed by atoms with Gasteiger partial charge in [-0.05, 0) is 18.7 Å². The molecule has 3 rings (SSSR count). The molecule has 1 N–H and O–H groups in total. The Morgan fingerprint density at radius 3 is 2.63 bits per heavy atom. The number of allylic oxidation sites excluding steroid dienone is 2. The number of hydrazine groups is 1. The van der Waals surface area contributed by atoms with Crippen molar-refractivity contribution >= 4 is 46.2 Å². The summed E-state index contributed by atoms with van der Waals surface area (Å²) in [5.74, 6) is -0.451. The van der Waals surface area contributed by atoms with E-state index in [1.54, 1.807) is 6.08 Å². The number of hydrogen-bond donors (Lipinski definition) is 1. The maximum atomic E-state index is 12.5. The number of carbonyl (C=O) groups is 2. The molecule has 6 nitrogen and oxygen atoms in total. The normalized spacial score (nSPS) is 20.8. The molecule has 2 amide bonds. The van der Waals surface area contributed by atoms with Gasteiger partial charge in [0.1, 0.15) is 10.9 Å². The predicted molar refractivity (Wildman–Crippen MR) is 113 cm³/mol. The first kappa shape index (κ1) is 19.8. The van der Waals surface area contributed by atoms with Crippen molar-refractivity contribution < 1.29 is 9.59 Å². The van der Waals surface area contributed by atoms with E-state index in [4.69, 9.17) is 12.2 Å². The Labute approximate surface area is 168 Å². The fourth-order valence-corrected chi connectivity index (χ4v) is 3.94. The van der Waals surface area contributed by atoms with Crippen LogP contribution in [0.2, 0.25) is 0 Å². The second kappa shape index (κ2) is 9.27. The Morgan fingerprint density at radius 1 is 1.22 bits per heavy atom. The molecule has 8 heteroatoms. The van der Waals surface area contributed by atoms with Gasteiger partial charge in [0.05, 0.1) is 4.91 Å². The molecule has 142 valence electrons. The number of thioether (sulfide) groups is 1. The second-order valence-electron chi connectivity index (χ2n) is 6.39. The van der Waals surface area contributed by atoms with E-state index in [2.05, 4.69) is 17.4 Å². The summed E-state index contributed by atoms with van der Waals surface area (Å²) >= 11 is 6.50. The number of benzene rings is 1. The van der Waals surface area contributed by atoms with E-state index in [1.807, 2.05) is 47.5 Å². The molecule has 2 fully saturated rings. The number of likely N-dealkylation sites (N-methyl/N-ethyl adjacent to an activating group) is 1. The number of rotatable bonds is 5. The van der Waals surface area contributed by atoms with E-state index in [-0.39, 0.29) is 18.4 Å². The lowest BCUT2D eigenvalue weighted by molar-refractivity contribution is -0.132. The highest BCUT2D eigenvalue weighted by molar-refractivity contribution is 8.26. The number of thiocarbonyl (C=S) groups is 1. The fraction of sp³-hybridized carbons (Fsp3) is 0.316. The fourth-order valence-electron chi connectivity index (χ4n) is 2.73. The van der Waals surface area contributed by atoms with Crippen molar-refractivity contribution in [3.63, 3.8) is 0 Å². The number of nitrogens with zero attached hydrogens (tertiary/aromatic N) is 3. The number of hydrogen-bond acceptors (Lipinski definition) is 6. The van der Waals surface area contributed by atoms with Crippen molar-refractivity contribution in [2.24, 2.45) is 0 Å². The second-order valence-corrected chi connectivity index (χ2v) is 8.06. The minimum absolute atomic E-state index is 0.0588. The average Bonchev–Trinajstić information content (AvgIpc) is 2.92. The molecule has 0 unspecified atom stereocenters. The van der Waals surface area contributed by atoms with Gasteiger partial charge in [-0.2, -0.15) is 0 Å². The minimum atomic E-state index is -0.226. The number of nitrogens with one attached hydrogen (secondary N) is 1. The summed E-state index contributed by atoms with van der Waals surface area (Å²) in [6, 6.07) is 9.84. The van der Waals surface area contributed by atoms with Crippen LogP contribution in [0, 0.1) is 0 Å². The number of piperazine rings is 1. The summed E-state index contributed by atoms with van der Waals surface area (Å²) in [4.78, 5) is 28.9. The van der Waals surface area contributed by atoms with Crippen molar-refractivity contribution in [1.82, 2.24) is 20.2 Å². The smallest absolute Gasteiger partial charge is 0.266 e. The molecule has 2 aliphatic heterocycles. The molecule has 0 spiro atoms. The molecular weight excluding hydrogens is 380 g/mol. The Balaban J connectivity index is 1.55. The maximum Gasteiger partial charge on any atom is 0.266 e. The Kier molecular flexibility index (Phi) is 6.78. The highest BCUT2D eigenvalue weighted by Crippen LogP contribution is 2.30. The summed E-state index contributed by atoms with van der Waals surface area (Å²) < 4.78 is 0.410. The predicted octanol–water partition coefficient (Wildman–Crippen LogP) is 1.72. The zero-order valence-electron chi connectivity index (χ0n) is 15.1. The molecule has 0 radical (unpaired) electrons. The first-order valence-electron chi connectivity index (χ1n) is 8.73. The van der Waals surface area contributed by atoms with Gasteiger partial charge in [0.15, 0.2) is 0 Å². The number of amides is 2. The van der Waals surface area contributed by atoms with Gasteiger partial charge in [0.25, 0.3) is 11.8 Å². The van der Waals surface area contributed by atoms with Crippen LogP contribution in [0.15, 0.2) is 47.4 Å². The SMILES string of the molecule is CN1CCN(NC(=O)CN2C(=O)/C(=C/C=C/c3ccccc3)SC2=S)CC1. The van der Waals surface area contributed by atoms with Crippen LogP contribution in [0.4, 0.5) is 0 Å². The molecule has 0 bridgehead atoms. The van der Waals surface area contributed by atoms with Crippen molar-refractivity contribution in [3.8, 4) is 0 Å². The minimum Gasteiger partial charge on any atom is -0.304 e. The van der Waals surface area contributed by atoms with Crippen LogP contribution in [0.3, 0.4) is 0 Å². The lowest BCUT2D eigenvalue weighted by Gasteiger charge is -2.32. The van der Waals surface area contributed by atoms with E-state index < -0.39 is 0 Å². The molecule has 1 aromatic carbocycles. The standard InChI is InChI=1S/C19H22N4O2S2/c1-21-10-12-22(13-11-21)20-17(24)14-23-18(25)16(27-19(23)26)9-5-8-15-6-3-2-4-7-15/h2-9H,10-14H2,1H3,(H,20,24)/b8-5+,16-9-. The quantitative estimate of drug-likeness (QED) is 0.598. The lowest BCUT2D eigenvalue weighted by atomic mass is 10.2. The molecule has 0 aromatic heterocycles. The van der Waals surface area contributed by atoms with Crippen molar-refractivity contribution in [3.05, 3.63) is 53.0 Å². The molecule has 0 aliphatic carbocycles. The van der Waals surface area contributed by atoms with Crippen LogP contribution in [0.25, 0.3) is 6.08 Å². The molecule has 0 atom stereocenters. The van der Waals surface area contributed by atoms with Gasteiger partial charge in [-0.15, -0.1) is 0 Å². The summed E-state index contributed by atoms with van der Waals surface area (Å²) in [5, 5.41) is 1.89. The monoisotopic (exact) mass is 402 g/mol. The lowest BCUT2D eigenvalue weighted by Crippen LogP contribution is -2.54. The molecule has 1 aromatic rings. The van der Waals surface area contributed by atoms with Gasteiger partial charge >= 0.3 is 0 Å². The van der Waals surface area contributed by atoms with Crippen LogP contribution in [-0.2, 0) is 9.59 Å². The summed E-state index contributed by atoms with van der Waals surface area (Å²) in [7, 11) is 2.05. The van der Waals surface area contributed by atoms with Gasteiger partial charge in [0, 0.05) is 26.2 Å². The highest BCUT2D eigenvalue weighted by Gasteiger charge is 2.33. The van der Waals surface area contributed by atoms with Crippen LogP contribution in [0.1, 0.15) is 5.56 Å². The molecule has 2 heterocycles. The van der Waals surface area contributed by atoms with Gasteiger partial charge < -0.3 is 4.90 Å². The molecule has 27 heavy (non-hydrogen) atoms. The van der Waals surface area contributed by atoms with Crippen molar-refractivity contribution in [2.45, 2.75) is 0 Å². The summed E-state index contributed by atoms with van der Waals surface area (Å²) in [6.07, 6.45) is 5.49. The van der Waals surface area contributed by atoms with Gasteiger partial charge in [-0.25, -0.2) is 5.01 Å². The topological polar surface area (TPSA) is 55.9 Å². The largest absolute Gasteiger partial charge is 0.304 e. The first-order chi connectivity index (χ1) is 13.0. The molecular formula is C19H22N4O2S2. The summed E-state index contributed by atoms with van der Waals surface area (Å²) in [6.45, 7) is 3.28. The zero-order valence-corrected chi connectivity index (χ0v) is 16.8. The summed E-state index contributed by atoms with van der Waals surface area (Å²) in [5.41, 5.74) is 3.91. The van der Waals surface area contributed by atoms with Crippen LogP contribution < -0.4 is 5.43 Å². The Hall–Kier alpha value is -2.00. The molecule has 2 saturated heterocycles. The van der Waals surface area contributed by atoms with Crippen LogP contribution >= 0.6 is 24.0 Å². The van der Waals surface area contributed by atoms with E-state index in [9.17, 15) is 9.59 Å². The van der Waals surface area contributed by atoms with Crippen molar-refractivity contribution in [2.75, 3.05) is 39.8 Å².